The van der Waals surface area contributed by atoms with Gasteiger partial charge in [-0.25, -0.2) is 0 Å². The molecule has 5 heteroatoms. The number of rotatable bonds is 2. The van der Waals surface area contributed by atoms with Crippen molar-refractivity contribution in [2.24, 2.45) is 5.73 Å². The summed E-state index contributed by atoms with van der Waals surface area (Å²) in [4.78, 5) is 1.12. The Hall–Kier alpha value is -0.100. The highest BCUT2D eigenvalue weighted by Gasteiger charge is 2.21. The molecule has 1 atom stereocenters. The van der Waals surface area contributed by atoms with Crippen LogP contribution in [0.5, 0.6) is 0 Å². The lowest BCUT2D eigenvalue weighted by Gasteiger charge is -2.09. The average Bonchev–Trinajstić information content (AvgIpc) is 2.70. The molecular weight excluding hydrogens is 366 g/mol. The molecule has 2 aromatic heterocycles. The second kappa shape index (κ2) is 4.88. The van der Waals surface area contributed by atoms with E-state index < -0.39 is 0 Å². The lowest BCUT2D eigenvalue weighted by Crippen LogP contribution is -2.11. The zero-order chi connectivity index (χ0) is 12.7. The zero-order valence-corrected chi connectivity index (χ0v) is 13.8. The molecule has 0 aliphatic carbocycles. The third kappa shape index (κ3) is 2.38. The maximum atomic E-state index is 6.32. The van der Waals surface area contributed by atoms with Crippen molar-refractivity contribution in [2.75, 3.05) is 0 Å². The maximum Gasteiger partial charge on any atom is 0.106 e. The second-order valence-electron chi connectivity index (χ2n) is 4.00. The minimum atomic E-state index is -0.125. The summed E-state index contributed by atoms with van der Waals surface area (Å²) >= 11 is 8.62. The Morgan fingerprint density at radius 2 is 1.88 bits per heavy atom. The van der Waals surface area contributed by atoms with Crippen molar-refractivity contribution in [3.05, 3.63) is 41.9 Å². The molecule has 17 heavy (non-hydrogen) atoms. The number of thiophene rings is 1. The Balaban J connectivity index is 2.46. The molecule has 92 valence electrons. The van der Waals surface area contributed by atoms with Crippen LogP contribution in [-0.4, -0.2) is 0 Å². The largest absolute Gasteiger partial charge is 0.466 e. The molecule has 1 unspecified atom stereocenters. The smallest absolute Gasteiger partial charge is 0.106 e. The molecule has 2 N–H and O–H groups in total. The van der Waals surface area contributed by atoms with E-state index in [2.05, 4.69) is 44.8 Å². The van der Waals surface area contributed by atoms with Crippen LogP contribution in [-0.2, 0) is 0 Å². The summed E-state index contributed by atoms with van der Waals surface area (Å²) in [7, 11) is 0. The minimum Gasteiger partial charge on any atom is -0.466 e. The second-order valence-corrected chi connectivity index (χ2v) is 7.26. The summed E-state index contributed by atoms with van der Waals surface area (Å²) in [6, 6.07) is 1.93. The van der Waals surface area contributed by atoms with Crippen LogP contribution in [0.2, 0.25) is 0 Å². The Labute approximate surface area is 121 Å². The van der Waals surface area contributed by atoms with Crippen molar-refractivity contribution in [2.45, 2.75) is 26.8 Å². The van der Waals surface area contributed by atoms with Gasteiger partial charge in [0.05, 0.1) is 9.83 Å². The lowest BCUT2D eigenvalue weighted by atomic mass is 10.0. The molecule has 0 saturated heterocycles. The number of hydrogen-bond acceptors (Lipinski definition) is 3. The van der Waals surface area contributed by atoms with E-state index in [1.165, 1.54) is 0 Å². The first-order chi connectivity index (χ1) is 7.91. The highest BCUT2D eigenvalue weighted by Crippen LogP contribution is 2.38. The SMILES string of the molecule is Cc1oc(C)c(C(N)c2cc(Br)c(Br)s2)c1C. The lowest BCUT2D eigenvalue weighted by molar-refractivity contribution is 0.498. The van der Waals surface area contributed by atoms with Crippen LogP contribution < -0.4 is 5.73 Å². The summed E-state index contributed by atoms with van der Waals surface area (Å²) in [6.07, 6.45) is 0. The van der Waals surface area contributed by atoms with Crippen molar-refractivity contribution in [3.63, 3.8) is 0 Å². The molecule has 0 radical (unpaired) electrons. The summed E-state index contributed by atoms with van der Waals surface area (Å²) in [6.45, 7) is 5.99. The highest BCUT2D eigenvalue weighted by atomic mass is 79.9. The first-order valence-electron chi connectivity index (χ1n) is 5.18. The van der Waals surface area contributed by atoms with E-state index in [1.54, 1.807) is 11.3 Å². The molecule has 2 nitrogen and oxygen atoms in total. The fourth-order valence-electron chi connectivity index (χ4n) is 1.93. The Morgan fingerprint density at radius 1 is 1.24 bits per heavy atom. The van der Waals surface area contributed by atoms with Crippen LogP contribution in [0.3, 0.4) is 0 Å². The van der Waals surface area contributed by atoms with Gasteiger partial charge in [-0.3, -0.25) is 0 Å². The molecule has 0 saturated carbocycles. The standard InChI is InChI=1S/C12H13Br2NOS/c1-5-6(2)16-7(3)10(5)11(15)9-4-8(13)12(14)17-9/h4,11H,15H2,1-3H3. The first kappa shape index (κ1) is 13.3. The number of halogens is 2. The molecule has 0 aliphatic rings. The van der Waals surface area contributed by atoms with Gasteiger partial charge in [0.1, 0.15) is 11.5 Å². The van der Waals surface area contributed by atoms with Gasteiger partial charge >= 0.3 is 0 Å². The van der Waals surface area contributed by atoms with Crippen LogP contribution in [0.1, 0.15) is 33.6 Å². The molecule has 0 fully saturated rings. The monoisotopic (exact) mass is 377 g/mol. The van der Waals surface area contributed by atoms with Gasteiger partial charge < -0.3 is 10.2 Å². The van der Waals surface area contributed by atoms with Crippen molar-refractivity contribution in [1.82, 2.24) is 0 Å². The number of hydrogen-bond donors (Lipinski definition) is 1. The van der Waals surface area contributed by atoms with Gasteiger partial charge in [0.25, 0.3) is 0 Å². The molecule has 2 heterocycles. The van der Waals surface area contributed by atoms with E-state index in [-0.39, 0.29) is 6.04 Å². The molecule has 0 amide bonds. The predicted octanol–water partition coefficient (Wildman–Crippen LogP) is 4.84. The van der Waals surface area contributed by atoms with Gasteiger partial charge in [-0.2, -0.15) is 0 Å². The van der Waals surface area contributed by atoms with E-state index in [4.69, 9.17) is 10.2 Å². The van der Waals surface area contributed by atoms with Crippen molar-refractivity contribution < 1.29 is 4.42 Å². The highest BCUT2D eigenvalue weighted by molar-refractivity contribution is 9.13. The van der Waals surface area contributed by atoms with E-state index in [0.717, 1.165) is 35.8 Å². The Kier molecular flexibility index (Phi) is 3.83. The molecule has 0 bridgehead atoms. The summed E-state index contributed by atoms with van der Waals surface area (Å²) < 4.78 is 7.74. The van der Waals surface area contributed by atoms with E-state index >= 15 is 0 Å². The maximum absolute atomic E-state index is 6.32. The Morgan fingerprint density at radius 3 is 2.29 bits per heavy atom. The molecule has 0 aromatic carbocycles. The quantitative estimate of drug-likeness (QED) is 0.811. The fraction of sp³-hybridized carbons (Fsp3) is 0.333. The van der Waals surface area contributed by atoms with Crippen LogP contribution in [0, 0.1) is 20.8 Å². The van der Waals surface area contributed by atoms with Gasteiger partial charge in [0, 0.05) is 14.9 Å². The first-order valence-corrected chi connectivity index (χ1v) is 7.58. The predicted molar refractivity (Wildman–Crippen MR) is 78.7 cm³/mol. The molecular formula is C12H13Br2NOS. The number of nitrogens with two attached hydrogens (primary N) is 1. The van der Waals surface area contributed by atoms with Crippen LogP contribution in [0.15, 0.2) is 18.7 Å². The zero-order valence-electron chi connectivity index (χ0n) is 9.80. The van der Waals surface area contributed by atoms with Gasteiger partial charge in [-0.15, -0.1) is 11.3 Å². The third-order valence-electron chi connectivity index (χ3n) is 2.90. The number of aryl methyl sites for hydroxylation is 2. The Bertz CT molecular complexity index is 540. The van der Waals surface area contributed by atoms with Crippen molar-refractivity contribution in [1.29, 1.82) is 0 Å². The third-order valence-corrected chi connectivity index (χ3v) is 6.24. The van der Waals surface area contributed by atoms with Crippen molar-refractivity contribution in [3.8, 4) is 0 Å². The average molecular weight is 379 g/mol. The van der Waals surface area contributed by atoms with Crippen molar-refractivity contribution >= 4 is 43.2 Å². The van der Waals surface area contributed by atoms with Crippen LogP contribution in [0.25, 0.3) is 0 Å². The minimum absolute atomic E-state index is 0.125. The van der Waals surface area contributed by atoms with Gasteiger partial charge in [0.2, 0.25) is 0 Å². The van der Waals surface area contributed by atoms with E-state index in [0.29, 0.717) is 0 Å². The number of furan rings is 1. The van der Waals surface area contributed by atoms with Gasteiger partial charge in [0.15, 0.2) is 0 Å². The van der Waals surface area contributed by atoms with Crippen LogP contribution in [0.4, 0.5) is 0 Å². The molecule has 2 rings (SSSR count). The topological polar surface area (TPSA) is 39.2 Å². The van der Waals surface area contributed by atoms with Gasteiger partial charge in [-0.1, -0.05) is 0 Å². The van der Waals surface area contributed by atoms with Gasteiger partial charge in [-0.05, 0) is 64.3 Å². The molecule has 0 aliphatic heterocycles. The van der Waals surface area contributed by atoms with E-state index in [9.17, 15) is 0 Å². The summed E-state index contributed by atoms with van der Waals surface area (Å²) in [5, 5.41) is 0. The fourth-order valence-corrected chi connectivity index (χ4v) is 4.03. The molecule has 0 spiro atoms. The molecule has 2 aromatic rings. The summed E-state index contributed by atoms with van der Waals surface area (Å²) in [5.41, 5.74) is 8.57. The normalized spacial score (nSPS) is 13.1. The summed E-state index contributed by atoms with van der Waals surface area (Å²) in [5.74, 6) is 1.86. The van der Waals surface area contributed by atoms with E-state index in [1.807, 2.05) is 13.8 Å². The van der Waals surface area contributed by atoms with Crippen LogP contribution >= 0.6 is 43.2 Å².